The molecule has 128 valence electrons. The Morgan fingerprint density at radius 3 is 2.79 bits per heavy atom. The van der Waals surface area contributed by atoms with Crippen molar-refractivity contribution in [3.05, 3.63) is 52.8 Å². The summed E-state index contributed by atoms with van der Waals surface area (Å²) in [6.45, 7) is 1.76. The number of amides is 1. The van der Waals surface area contributed by atoms with Gasteiger partial charge in [-0.3, -0.25) is 9.89 Å². The Bertz CT molecular complexity index is 757. The third kappa shape index (κ3) is 3.01. The lowest BCUT2D eigenvalue weighted by Gasteiger charge is -2.25. The molecule has 5 nitrogen and oxygen atoms in total. The summed E-state index contributed by atoms with van der Waals surface area (Å²) in [6, 6.07) is 4.27. The van der Waals surface area contributed by atoms with Crippen molar-refractivity contribution < 1.29 is 23.1 Å². The highest BCUT2D eigenvalue weighted by molar-refractivity contribution is 5.95. The van der Waals surface area contributed by atoms with Crippen molar-refractivity contribution in [3.8, 4) is 0 Å². The minimum Gasteiger partial charge on any atom is -0.391 e. The number of H-pyrrole nitrogens is 1. The number of hydrogen-bond acceptors (Lipinski definition) is 3. The van der Waals surface area contributed by atoms with Crippen LogP contribution < -0.4 is 0 Å². The third-order valence-corrected chi connectivity index (χ3v) is 4.20. The summed E-state index contributed by atoms with van der Waals surface area (Å²) < 4.78 is 38.8. The lowest BCUT2D eigenvalue weighted by atomic mass is 10.0. The Balaban J connectivity index is 1.94. The molecule has 1 fully saturated rings. The van der Waals surface area contributed by atoms with Crippen LogP contribution in [0.25, 0.3) is 0 Å². The number of aryl methyl sites for hydroxylation is 1. The van der Waals surface area contributed by atoms with Crippen molar-refractivity contribution in [3.63, 3.8) is 0 Å². The number of aromatic amines is 1. The Morgan fingerprint density at radius 1 is 1.42 bits per heavy atom. The van der Waals surface area contributed by atoms with Gasteiger partial charge in [0.1, 0.15) is 0 Å². The molecule has 1 saturated heterocycles. The Morgan fingerprint density at radius 2 is 2.17 bits per heavy atom. The summed E-state index contributed by atoms with van der Waals surface area (Å²) in [5.74, 6) is -0.361. The van der Waals surface area contributed by atoms with Gasteiger partial charge in [0, 0.05) is 12.2 Å². The second kappa shape index (κ2) is 5.94. The largest absolute Gasteiger partial charge is 0.416 e. The topological polar surface area (TPSA) is 69.2 Å². The van der Waals surface area contributed by atoms with E-state index >= 15 is 0 Å². The molecule has 0 spiro atoms. The number of carbonyl (C=O) groups is 1. The molecule has 2 heterocycles. The van der Waals surface area contributed by atoms with E-state index in [1.54, 1.807) is 13.0 Å². The molecule has 0 saturated carbocycles. The van der Waals surface area contributed by atoms with E-state index < -0.39 is 23.9 Å². The first-order valence-corrected chi connectivity index (χ1v) is 7.43. The molecule has 2 aromatic rings. The van der Waals surface area contributed by atoms with Crippen molar-refractivity contribution in [1.82, 2.24) is 15.1 Å². The molecule has 24 heavy (non-hydrogen) atoms. The molecule has 8 heteroatoms. The van der Waals surface area contributed by atoms with Crippen LogP contribution in [0.1, 0.15) is 39.6 Å². The van der Waals surface area contributed by atoms with Gasteiger partial charge in [-0.15, -0.1) is 0 Å². The monoisotopic (exact) mass is 339 g/mol. The number of benzene rings is 1. The number of alkyl halides is 3. The predicted octanol–water partition coefficient (Wildman–Crippen LogP) is 2.69. The van der Waals surface area contributed by atoms with E-state index in [-0.39, 0.29) is 18.9 Å². The standard InChI is InChI=1S/C16H16F3N3O2/c1-9-13(7-20-21-9)15(24)22-8-12(23)6-14(22)10-3-2-4-11(5-10)16(17,18)19/h2-5,7,12,14,23H,6,8H2,1H3,(H,20,21)/t12-,14-/m0/s1. The fourth-order valence-corrected chi connectivity index (χ4v) is 3.00. The summed E-state index contributed by atoms with van der Waals surface area (Å²) in [7, 11) is 0. The van der Waals surface area contributed by atoms with Crippen LogP contribution in [0, 0.1) is 6.92 Å². The van der Waals surface area contributed by atoms with Crippen molar-refractivity contribution in [2.75, 3.05) is 6.54 Å². The number of likely N-dealkylation sites (tertiary alicyclic amines) is 1. The summed E-state index contributed by atoms with van der Waals surface area (Å²) in [5, 5.41) is 16.4. The first-order chi connectivity index (χ1) is 11.3. The van der Waals surface area contributed by atoms with Gasteiger partial charge in [0.05, 0.1) is 29.5 Å². The number of aliphatic hydroxyl groups is 1. The molecule has 1 aliphatic rings. The first kappa shape index (κ1) is 16.5. The van der Waals surface area contributed by atoms with Crippen molar-refractivity contribution in [1.29, 1.82) is 0 Å². The molecule has 1 aromatic heterocycles. The van der Waals surface area contributed by atoms with Gasteiger partial charge in [0.15, 0.2) is 0 Å². The highest BCUT2D eigenvalue weighted by Crippen LogP contribution is 2.37. The average molecular weight is 339 g/mol. The Labute approximate surface area is 136 Å². The van der Waals surface area contributed by atoms with Crippen LogP contribution in [0.2, 0.25) is 0 Å². The first-order valence-electron chi connectivity index (χ1n) is 7.43. The maximum Gasteiger partial charge on any atom is 0.416 e. The zero-order valence-corrected chi connectivity index (χ0v) is 12.8. The number of aliphatic hydroxyl groups excluding tert-OH is 1. The number of β-amino-alcohol motifs (C(OH)–C–C–N with tert-alkyl or cyclic N) is 1. The van der Waals surface area contributed by atoms with E-state index in [0.29, 0.717) is 16.8 Å². The van der Waals surface area contributed by atoms with Gasteiger partial charge in [-0.05, 0) is 31.0 Å². The fourth-order valence-electron chi connectivity index (χ4n) is 3.00. The lowest BCUT2D eigenvalue weighted by molar-refractivity contribution is -0.137. The van der Waals surface area contributed by atoms with E-state index in [0.717, 1.165) is 12.1 Å². The molecule has 0 aliphatic carbocycles. The van der Waals surface area contributed by atoms with Crippen LogP contribution in [0.5, 0.6) is 0 Å². The summed E-state index contributed by atoms with van der Waals surface area (Å²) in [5.41, 5.74) is 0.509. The molecular weight excluding hydrogens is 323 g/mol. The maximum atomic E-state index is 12.9. The molecule has 1 aromatic carbocycles. The number of halogens is 3. The summed E-state index contributed by atoms with van der Waals surface area (Å²) in [6.07, 6.45) is -3.65. The second-order valence-corrected chi connectivity index (χ2v) is 5.89. The van der Waals surface area contributed by atoms with Crippen molar-refractivity contribution in [2.45, 2.75) is 31.7 Å². The second-order valence-electron chi connectivity index (χ2n) is 5.89. The fraction of sp³-hybridized carbons (Fsp3) is 0.375. The van der Waals surface area contributed by atoms with Crippen molar-refractivity contribution >= 4 is 5.91 Å². The van der Waals surface area contributed by atoms with E-state index in [9.17, 15) is 23.1 Å². The minimum absolute atomic E-state index is 0.0738. The van der Waals surface area contributed by atoms with Crippen LogP contribution in [0.4, 0.5) is 13.2 Å². The average Bonchev–Trinajstić information content (AvgIpc) is 3.12. The molecule has 3 rings (SSSR count). The summed E-state index contributed by atoms with van der Waals surface area (Å²) >= 11 is 0. The molecule has 0 bridgehead atoms. The quantitative estimate of drug-likeness (QED) is 0.884. The molecule has 0 unspecified atom stereocenters. The number of carbonyl (C=O) groups excluding carboxylic acids is 1. The molecular formula is C16H16F3N3O2. The van der Waals surface area contributed by atoms with Crippen LogP contribution in [-0.4, -0.2) is 38.8 Å². The third-order valence-electron chi connectivity index (χ3n) is 4.20. The Kier molecular flexibility index (Phi) is 4.08. The minimum atomic E-state index is -4.46. The van der Waals surface area contributed by atoms with Gasteiger partial charge in [0.2, 0.25) is 0 Å². The molecule has 2 N–H and O–H groups in total. The summed E-state index contributed by atoms with van der Waals surface area (Å²) in [4.78, 5) is 14.1. The molecule has 1 aliphatic heterocycles. The zero-order chi connectivity index (χ0) is 17.5. The smallest absolute Gasteiger partial charge is 0.391 e. The van der Waals surface area contributed by atoms with E-state index in [4.69, 9.17) is 0 Å². The highest BCUT2D eigenvalue weighted by Gasteiger charge is 2.38. The van der Waals surface area contributed by atoms with Gasteiger partial charge in [0.25, 0.3) is 5.91 Å². The predicted molar refractivity (Wildman–Crippen MR) is 79.2 cm³/mol. The highest BCUT2D eigenvalue weighted by atomic mass is 19.4. The number of nitrogens with one attached hydrogen (secondary N) is 1. The lowest BCUT2D eigenvalue weighted by Crippen LogP contribution is -2.32. The van der Waals surface area contributed by atoms with Crippen LogP contribution >= 0.6 is 0 Å². The molecule has 1 amide bonds. The van der Waals surface area contributed by atoms with Gasteiger partial charge in [-0.2, -0.15) is 18.3 Å². The molecule has 0 radical (unpaired) electrons. The number of aromatic nitrogens is 2. The normalized spacial score (nSPS) is 21.3. The van der Waals surface area contributed by atoms with Gasteiger partial charge >= 0.3 is 6.18 Å². The van der Waals surface area contributed by atoms with E-state index in [2.05, 4.69) is 10.2 Å². The van der Waals surface area contributed by atoms with Crippen LogP contribution in [0.3, 0.4) is 0 Å². The van der Waals surface area contributed by atoms with E-state index in [1.165, 1.54) is 17.2 Å². The Hall–Kier alpha value is -2.35. The number of rotatable bonds is 2. The van der Waals surface area contributed by atoms with Crippen LogP contribution in [0.15, 0.2) is 30.5 Å². The maximum absolute atomic E-state index is 12.9. The van der Waals surface area contributed by atoms with E-state index in [1.807, 2.05) is 0 Å². The SMILES string of the molecule is Cc1[nH]ncc1C(=O)N1C[C@@H](O)C[C@H]1c1cccc(C(F)(F)F)c1. The number of nitrogens with zero attached hydrogens (tertiary/aromatic N) is 2. The zero-order valence-electron chi connectivity index (χ0n) is 12.8. The van der Waals surface area contributed by atoms with Crippen molar-refractivity contribution in [2.24, 2.45) is 0 Å². The van der Waals surface area contributed by atoms with Gasteiger partial charge < -0.3 is 10.0 Å². The molecule has 2 atom stereocenters. The number of hydrogen-bond donors (Lipinski definition) is 2. The van der Waals surface area contributed by atoms with Crippen LogP contribution in [-0.2, 0) is 6.18 Å². The van der Waals surface area contributed by atoms with Gasteiger partial charge in [-0.1, -0.05) is 12.1 Å². The van der Waals surface area contributed by atoms with Gasteiger partial charge in [-0.25, -0.2) is 0 Å².